The van der Waals surface area contributed by atoms with E-state index in [9.17, 15) is 5.11 Å². The summed E-state index contributed by atoms with van der Waals surface area (Å²) in [7, 11) is 0. The Bertz CT molecular complexity index is 629. The lowest BCUT2D eigenvalue weighted by Gasteiger charge is -1.99. The SMILES string of the molecule is Oc1ccc(-c2cnn(-c3ccc(Cl)cc3)n2)cc1. The minimum atomic E-state index is 0.230. The number of hydrogen-bond acceptors (Lipinski definition) is 3. The first-order valence-electron chi connectivity index (χ1n) is 5.70. The summed E-state index contributed by atoms with van der Waals surface area (Å²) in [5, 5.41) is 18.5. The van der Waals surface area contributed by atoms with Gasteiger partial charge in [0.05, 0.1) is 11.9 Å². The number of phenolic OH excluding ortho intramolecular Hbond substituents is 1. The molecule has 0 atom stereocenters. The first kappa shape index (κ1) is 11.7. The second kappa shape index (κ2) is 4.74. The summed E-state index contributed by atoms with van der Waals surface area (Å²) in [6.45, 7) is 0. The average molecular weight is 272 g/mol. The smallest absolute Gasteiger partial charge is 0.115 e. The number of benzene rings is 2. The molecule has 0 fully saturated rings. The predicted octanol–water partition coefficient (Wildman–Crippen LogP) is 3.29. The number of nitrogens with zero attached hydrogens (tertiary/aromatic N) is 3. The van der Waals surface area contributed by atoms with Crippen molar-refractivity contribution in [2.24, 2.45) is 0 Å². The molecule has 5 heteroatoms. The van der Waals surface area contributed by atoms with E-state index in [1.165, 1.54) is 0 Å². The minimum Gasteiger partial charge on any atom is -0.508 e. The Morgan fingerprint density at radius 1 is 0.947 bits per heavy atom. The maximum atomic E-state index is 9.26. The topological polar surface area (TPSA) is 50.9 Å². The van der Waals surface area contributed by atoms with E-state index in [0.717, 1.165) is 16.9 Å². The van der Waals surface area contributed by atoms with Crippen molar-refractivity contribution in [3.8, 4) is 22.7 Å². The molecule has 0 aliphatic heterocycles. The molecular formula is C14H10ClN3O. The molecule has 1 N–H and O–H groups in total. The largest absolute Gasteiger partial charge is 0.508 e. The van der Waals surface area contributed by atoms with Gasteiger partial charge < -0.3 is 5.11 Å². The summed E-state index contributed by atoms with van der Waals surface area (Å²) in [5.41, 5.74) is 2.49. The van der Waals surface area contributed by atoms with Gasteiger partial charge in [0.15, 0.2) is 0 Å². The van der Waals surface area contributed by atoms with Crippen LogP contribution >= 0.6 is 11.6 Å². The lowest BCUT2D eigenvalue weighted by atomic mass is 10.2. The first-order chi connectivity index (χ1) is 9.22. The van der Waals surface area contributed by atoms with Crippen LogP contribution in [0.2, 0.25) is 5.02 Å². The quantitative estimate of drug-likeness (QED) is 0.778. The highest BCUT2D eigenvalue weighted by Crippen LogP contribution is 2.20. The maximum absolute atomic E-state index is 9.26. The molecule has 0 radical (unpaired) electrons. The van der Waals surface area contributed by atoms with Gasteiger partial charge >= 0.3 is 0 Å². The summed E-state index contributed by atoms with van der Waals surface area (Å²) in [6.07, 6.45) is 1.68. The van der Waals surface area contributed by atoms with E-state index in [1.807, 2.05) is 12.1 Å². The van der Waals surface area contributed by atoms with Crippen LogP contribution in [0.3, 0.4) is 0 Å². The Morgan fingerprint density at radius 3 is 2.32 bits per heavy atom. The molecule has 1 heterocycles. The normalized spacial score (nSPS) is 10.6. The number of aromatic nitrogens is 3. The first-order valence-corrected chi connectivity index (χ1v) is 6.08. The Hall–Kier alpha value is -2.33. The standard InChI is InChI=1S/C14H10ClN3O/c15-11-3-5-12(6-4-11)18-16-9-14(17-18)10-1-7-13(19)8-2-10/h1-9,19H. The molecule has 0 bridgehead atoms. The van der Waals surface area contributed by atoms with Crippen LogP contribution in [0.5, 0.6) is 5.75 Å². The fraction of sp³-hybridized carbons (Fsp3) is 0. The minimum absolute atomic E-state index is 0.230. The van der Waals surface area contributed by atoms with E-state index in [0.29, 0.717) is 5.02 Å². The molecule has 0 unspecified atom stereocenters. The van der Waals surface area contributed by atoms with Crippen LogP contribution in [-0.4, -0.2) is 20.1 Å². The molecule has 0 saturated heterocycles. The Kier molecular flexibility index (Phi) is 2.93. The summed E-state index contributed by atoms with van der Waals surface area (Å²) in [5.74, 6) is 0.230. The van der Waals surface area contributed by atoms with Crippen molar-refractivity contribution in [1.82, 2.24) is 15.0 Å². The van der Waals surface area contributed by atoms with Crippen LogP contribution < -0.4 is 0 Å². The molecule has 0 aliphatic rings. The van der Waals surface area contributed by atoms with Gasteiger partial charge in [-0.15, -0.1) is 5.10 Å². The third-order valence-corrected chi connectivity index (χ3v) is 2.96. The molecule has 2 aromatic carbocycles. The van der Waals surface area contributed by atoms with Gasteiger partial charge in [0.2, 0.25) is 0 Å². The number of rotatable bonds is 2. The second-order valence-corrected chi connectivity index (χ2v) is 4.48. The highest BCUT2D eigenvalue weighted by molar-refractivity contribution is 6.30. The van der Waals surface area contributed by atoms with Crippen molar-refractivity contribution in [3.05, 3.63) is 59.8 Å². The summed E-state index contributed by atoms with van der Waals surface area (Å²) < 4.78 is 0. The molecule has 3 rings (SSSR count). The van der Waals surface area contributed by atoms with Gasteiger partial charge in [0, 0.05) is 10.6 Å². The highest BCUT2D eigenvalue weighted by Gasteiger charge is 2.05. The van der Waals surface area contributed by atoms with Crippen molar-refractivity contribution in [2.45, 2.75) is 0 Å². The maximum Gasteiger partial charge on any atom is 0.115 e. The van der Waals surface area contributed by atoms with E-state index in [2.05, 4.69) is 10.2 Å². The van der Waals surface area contributed by atoms with Crippen molar-refractivity contribution >= 4 is 11.6 Å². The molecule has 4 nitrogen and oxygen atoms in total. The number of phenols is 1. The fourth-order valence-corrected chi connectivity index (χ4v) is 1.85. The molecule has 19 heavy (non-hydrogen) atoms. The van der Waals surface area contributed by atoms with Crippen LogP contribution in [0.1, 0.15) is 0 Å². The fourth-order valence-electron chi connectivity index (χ4n) is 1.73. The van der Waals surface area contributed by atoms with Gasteiger partial charge in [-0.25, -0.2) is 0 Å². The zero-order chi connectivity index (χ0) is 13.2. The monoisotopic (exact) mass is 271 g/mol. The zero-order valence-electron chi connectivity index (χ0n) is 9.86. The Balaban J connectivity index is 1.95. The van der Waals surface area contributed by atoms with Crippen LogP contribution in [0.25, 0.3) is 16.9 Å². The van der Waals surface area contributed by atoms with Crippen LogP contribution in [-0.2, 0) is 0 Å². The third kappa shape index (κ3) is 2.44. The summed E-state index contributed by atoms with van der Waals surface area (Å²) >= 11 is 5.84. The zero-order valence-corrected chi connectivity index (χ0v) is 10.6. The van der Waals surface area contributed by atoms with Crippen molar-refractivity contribution in [2.75, 3.05) is 0 Å². The number of halogens is 1. The summed E-state index contributed by atoms with van der Waals surface area (Å²) in [6, 6.07) is 14.1. The second-order valence-electron chi connectivity index (χ2n) is 4.04. The van der Waals surface area contributed by atoms with Gasteiger partial charge in [-0.05, 0) is 48.5 Å². The van der Waals surface area contributed by atoms with Gasteiger partial charge in [0.25, 0.3) is 0 Å². The van der Waals surface area contributed by atoms with Crippen LogP contribution in [0, 0.1) is 0 Å². The molecule has 0 spiro atoms. The molecular weight excluding hydrogens is 262 g/mol. The van der Waals surface area contributed by atoms with Crippen molar-refractivity contribution < 1.29 is 5.11 Å². The molecule has 94 valence electrons. The average Bonchev–Trinajstić information content (AvgIpc) is 2.90. The molecule has 0 saturated carbocycles. The predicted molar refractivity (Wildman–Crippen MR) is 73.5 cm³/mol. The van der Waals surface area contributed by atoms with Gasteiger partial charge in [-0.3, -0.25) is 0 Å². The van der Waals surface area contributed by atoms with Crippen LogP contribution in [0.15, 0.2) is 54.7 Å². The van der Waals surface area contributed by atoms with Gasteiger partial charge in [-0.1, -0.05) is 11.6 Å². The van der Waals surface area contributed by atoms with Crippen LogP contribution in [0.4, 0.5) is 0 Å². The molecule has 0 aliphatic carbocycles. The van der Waals surface area contributed by atoms with E-state index < -0.39 is 0 Å². The van der Waals surface area contributed by atoms with Crippen molar-refractivity contribution in [3.63, 3.8) is 0 Å². The van der Waals surface area contributed by atoms with E-state index in [-0.39, 0.29) is 5.75 Å². The lowest BCUT2D eigenvalue weighted by Crippen LogP contribution is -1.97. The molecule has 3 aromatic rings. The number of aromatic hydroxyl groups is 1. The molecule has 0 amide bonds. The lowest BCUT2D eigenvalue weighted by molar-refractivity contribution is 0.475. The Morgan fingerprint density at radius 2 is 1.63 bits per heavy atom. The van der Waals surface area contributed by atoms with E-state index >= 15 is 0 Å². The number of hydrogen-bond donors (Lipinski definition) is 1. The Labute approximate surface area is 114 Å². The van der Waals surface area contributed by atoms with Crippen molar-refractivity contribution in [1.29, 1.82) is 0 Å². The third-order valence-electron chi connectivity index (χ3n) is 2.71. The highest BCUT2D eigenvalue weighted by atomic mass is 35.5. The van der Waals surface area contributed by atoms with Gasteiger partial charge in [0.1, 0.15) is 11.4 Å². The summed E-state index contributed by atoms with van der Waals surface area (Å²) in [4.78, 5) is 1.54. The van der Waals surface area contributed by atoms with Gasteiger partial charge in [-0.2, -0.15) is 9.90 Å². The van der Waals surface area contributed by atoms with E-state index in [4.69, 9.17) is 11.6 Å². The van der Waals surface area contributed by atoms with E-state index in [1.54, 1.807) is 47.4 Å². The molecule has 1 aromatic heterocycles.